The Labute approximate surface area is 747 Å². The molecule has 0 spiro atoms. The van der Waals surface area contributed by atoms with Gasteiger partial charge in [-0.1, -0.05) is 77.8 Å². The van der Waals surface area contributed by atoms with Crippen LogP contribution >= 0.6 is 59.9 Å². The lowest BCUT2D eigenvalue weighted by atomic mass is 10.0. The van der Waals surface area contributed by atoms with Gasteiger partial charge in [-0.2, -0.15) is 95.9 Å². The standard InChI is InChI=1S/C15H23O4P.C11H19O8P.C8H15O6P.C8H17O4P.C5H11O5P.C5H13O3P.C3H9O3P.C2H7O3P.10CO2/c1-13(11-14-7-3-2-4-8-14)12-20(18,19)10-6-5-9-15(16)17;12-9(13)3-1-2-6-20(18,19)7-8(11(16)17)4-5-10(14)15;9-7(10)3-1-2-5-15(13,14)6-4-8(11)12;1-2-6-13(11,12)7-4-3-5-8(9)10;6-5(7)3-1-2-4-11(8,9)10;1-2-3-4-5-9(6,7)8;1-2-3-7(4,5)6;1-2-6(3,4)5;10*2-1-3/h2-4,7-8,13H,5-6,9-12H2,1H3,(H,16,17)(H,18,19);8H,1-7H2,(H,12,13)(H,14,15)(H,16,17)(H,18,19);1-6H2,(H,9,10)(H,11,12)(H,13,14);2-7H2,1H3,(H,9,10)(H,11,12);1-4H2,(H,6,7)(H2,8,9,10);2-5H2,1H3,(H2,6,7,8);2-3H2,1H3,(H2,4,5,6);2H2,1H3,(H2,3,4,5);;;;;;;;;;. The summed E-state index contributed by atoms with van der Waals surface area (Å²) in [6.07, 6.45) is 9.87. The second kappa shape index (κ2) is 114. The topological polar surface area (TPSA) is 1020 Å². The fourth-order valence-corrected chi connectivity index (χ4v) is 16.4. The molecule has 0 radical (unpaired) electrons. The summed E-state index contributed by atoms with van der Waals surface area (Å²) in [6.45, 7) is 9.02. The summed E-state index contributed by atoms with van der Waals surface area (Å²) in [7, 11) is -28.1. The first kappa shape index (κ1) is 161. The van der Waals surface area contributed by atoms with Gasteiger partial charge in [-0.05, 0) is 108 Å². The Kier molecular flexibility index (Phi) is 141. The largest absolute Gasteiger partial charge is 0.481 e. The van der Waals surface area contributed by atoms with Gasteiger partial charge in [0.25, 0.3) is 0 Å². The molecular formula is C67H114O56P8. The number of carboxylic acids is 8. The van der Waals surface area contributed by atoms with E-state index in [1.54, 1.807) is 6.92 Å². The van der Waals surface area contributed by atoms with E-state index in [0.29, 0.717) is 76.5 Å². The molecule has 0 saturated carbocycles. The Hall–Kier alpha value is -9.86. The van der Waals surface area contributed by atoms with Crippen LogP contribution in [-0.2, 0) is 177 Å². The van der Waals surface area contributed by atoms with E-state index < -0.39 is 120 Å². The van der Waals surface area contributed by atoms with Gasteiger partial charge in [0.15, 0.2) is 0 Å². The van der Waals surface area contributed by atoms with Crippen LogP contribution in [0.25, 0.3) is 0 Å². The molecule has 0 bridgehead atoms. The van der Waals surface area contributed by atoms with Crippen molar-refractivity contribution in [1.29, 1.82) is 0 Å². The van der Waals surface area contributed by atoms with Crippen molar-refractivity contribution < 1.29 is 270 Å². The van der Waals surface area contributed by atoms with E-state index in [2.05, 4.69) is 0 Å². The first-order valence-electron chi connectivity index (χ1n) is 36.2. The highest BCUT2D eigenvalue weighted by Gasteiger charge is 2.29. The molecule has 64 heteroatoms. The molecule has 0 aliphatic heterocycles. The third-order valence-electron chi connectivity index (χ3n) is 12.5. The molecule has 1 aromatic rings. The van der Waals surface area contributed by atoms with Crippen LogP contribution in [0.2, 0.25) is 0 Å². The summed E-state index contributed by atoms with van der Waals surface area (Å²) in [5, 5.41) is 67.4. The zero-order valence-corrected chi connectivity index (χ0v) is 78.4. The minimum atomic E-state index is -3.92. The molecule has 0 fully saturated rings. The van der Waals surface area contributed by atoms with E-state index in [4.69, 9.17) is 176 Å². The molecule has 131 heavy (non-hydrogen) atoms. The van der Waals surface area contributed by atoms with Gasteiger partial charge in [-0.3, -0.25) is 74.9 Å². The van der Waals surface area contributed by atoms with Crippen molar-refractivity contribution in [3.05, 3.63) is 35.9 Å². The van der Waals surface area contributed by atoms with Gasteiger partial charge in [0.05, 0.1) is 12.3 Å². The highest BCUT2D eigenvalue weighted by atomic mass is 31.2. The molecule has 0 amide bonds. The Morgan fingerprint density at radius 3 is 0.695 bits per heavy atom. The maximum Gasteiger partial charge on any atom is 0.373 e. The number of carbonyl (C=O) groups is 8. The zero-order chi connectivity index (χ0) is 107. The predicted molar refractivity (Wildman–Crippen MR) is 429 cm³/mol. The van der Waals surface area contributed by atoms with Crippen molar-refractivity contribution in [2.24, 2.45) is 11.8 Å². The molecule has 1 aromatic carbocycles. The molecule has 0 aromatic heterocycles. The summed E-state index contributed by atoms with van der Waals surface area (Å²) in [4.78, 5) is 348. The van der Waals surface area contributed by atoms with E-state index >= 15 is 0 Å². The summed E-state index contributed by atoms with van der Waals surface area (Å²) < 4.78 is 86.5. The fraction of sp³-hybridized carbons (Fsp3) is 0.642. The summed E-state index contributed by atoms with van der Waals surface area (Å²) >= 11 is 0. The Bertz CT molecular complexity index is 3690. The monoisotopic (exact) mass is 2060 g/mol. The number of rotatable bonds is 47. The number of hydrogen-bond acceptors (Lipinski definition) is 36. The van der Waals surface area contributed by atoms with Crippen molar-refractivity contribution in [2.45, 2.75) is 189 Å². The van der Waals surface area contributed by atoms with Crippen molar-refractivity contribution in [3.63, 3.8) is 0 Å². The van der Waals surface area contributed by atoms with Crippen LogP contribution in [0.3, 0.4) is 0 Å². The predicted octanol–water partition coefficient (Wildman–Crippen LogP) is 4.07. The lowest BCUT2D eigenvalue weighted by Gasteiger charge is -2.17. The van der Waals surface area contributed by atoms with Crippen LogP contribution in [0.1, 0.15) is 188 Å². The Morgan fingerprint density at radius 2 is 0.489 bits per heavy atom. The second-order valence-electron chi connectivity index (χ2n) is 23.9. The van der Waals surface area contributed by atoms with Crippen LogP contribution in [0.4, 0.5) is 0 Å². The molecule has 0 aliphatic rings. The van der Waals surface area contributed by atoms with Crippen LogP contribution in [0, 0.1) is 11.8 Å². The summed E-state index contributed by atoms with van der Waals surface area (Å²) in [5.41, 5.74) is 1.17. The fourth-order valence-electron chi connectivity index (χ4n) is 7.52. The lowest BCUT2D eigenvalue weighted by molar-refractivity contribution is -0.193. The maximum atomic E-state index is 12.1. The number of aliphatic carboxylic acids is 8. The highest BCUT2D eigenvalue weighted by molar-refractivity contribution is 7.59. The average molecular weight is 2060 g/mol. The third kappa shape index (κ3) is 237. The number of carbonyl (C=O) groups excluding carboxylic acids is 20. The molecule has 0 aliphatic carbocycles. The highest BCUT2D eigenvalue weighted by Crippen LogP contribution is 2.46. The molecule has 20 N–H and O–H groups in total. The van der Waals surface area contributed by atoms with Crippen LogP contribution in [-0.4, -0.2) is 283 Å². The van der Waals surface area contributed by atoms with Gasteiger partial charge >= 0.3 is 140 Å². The Balaban J connectivity index is -0.0000000735. The average Bonchev–Trinajstić information content (AvgIpc) is 0.828. The molecule has 1 rings (SSSR count). The van der Waals surface area contributed by atoms with E-state index in [0.717, 1.165) is 19.3 Å². The number of carboxylic acid groups (broad SMARTS) is 8. The number of unbranched alkanes of at least 4 members (excludes halogenated alkanes) is 7. The van der Waals surface area contributed by atoms with Gasteiger partial charge in [0.2, 0.25) is 29.5 Å². The van der Waals surface area contributed by atoms with E-state index in [1.165, 1.54) is 12.5 Å². The lowest BCUT2D eigenvalue weighted by Crippen LogP contribution is -2.20. The molecule has 6 atom stereocenters. The molecule has 758 valence electrons. The minimum Gasteiger partial charge on any atom is -0.481 e. The number of hydrogen-bond donors (Lipinski definition) is 20. The molecule has 6 unspecified atom stereocenters. The van der Waals surface area contributed by atoms with Crippen molar-refractivity contribution in [2.75, 3.05) is 73.9 Å². The SMILES string of the molecule is CC(Cc1ccccc1)CP(=O)(O)CCCCC(=O)O.CCCCCP(=O)(O)O.CCCP(=O)(O)CCCCC(=O)O.CCCP(=O)(O)O.CCP(=O)(O)O.O=C(O)CCCCP(=O)(O)CC(CCC(=O)O)C(=O)O.O=C(O)CCCCP(=O)(O)CCC(=O)O.O=C(O)CCCCP(=O)(O)O.O=C=O.O=C=O.O=C=O.O=C=O.O=C=O.O=C=O.O=C=O.O=C=O.O=C=O.O=C=O. The van der Waals surface area contributed by atoms with Gasteiger partial charge < -0.3 is 99.6 Å². The Morgan fingerprint density at radius 1 is 0.267 bits per heavy atom. The molecule has 0 heterocycles. The quantitative estimate of drug-likeness (QED) is 0.0323. The maximum absolute atomic E-state index is 12.1. The van der Waals surface area contributed by atoms with E-state index in [1.807, 2.05) is 51.1 Å². The van der Waals surface area contributed by atoms with Gasteiger partial charge in [0, 0.05) is 112 Å². The van der Waals surface area contributed by atoms with Crippen molar-refractivity contribution in [3.8, 4) is 0 Å². The summed E-state index contributed by atoms with van der Waals surface area (Å²) in [6, 6.07) is 9.92. The third-order valence-corrected chi connectivity index (χ3v) is 24.5. The first-order valence-corrected chi connectivity index (χ1v) is 51.5. The first-order chi connectivity index (χ1) is 60.1. The molecular weight excluding hydrogens is 1950 g/mol. The van der Waals surface area contributed by atoms with E-state index in [-0.39, 0.29) is 194 Å². The normalized spacial score (nSPS) is 11.4. The molecule has 0 saturated heterocycles. The van der Waals surface area contributed by atoms with Gasteiger partial charge in [-0.25, -0.2) is 0 Å². The van der Waals surface area contributed by atoms with Crippen LogP contribution in [0.5, 0.6) is 0 Å². The minimum absolute atomic E-state index is 0.00639. The van der Waals surface area contributed by atoms with Gasteiger partial charge in [0.1, 0.15) is 0 Å². The van der Waals surface area contributed by atoms with Gasteiger partial charge in [-0.15, -0.1) is 0 Å². The second-order valence-corrected chi connectivity index (χ2v) is 41.4. The molecule has 56 nitrogen and oxygen atoms in total. The van der Waals surface area contributed by atoms with E-state index in [9.17, 15) is 94.5 Å². The van der Waals surface area contributed by atoms with Crippen LogP contribution in [0.15, 0.2) is 30.3 Å². The smallest absolute Gasteiger partial charge is 0.373 e. The number of benzene rings is 1. The summed E-state index contributed by atoms with van der Waals surface area (Å²) in [5.74, 6) is -9.16. The van der Waals surface area contributed by atoms with Crippen LogP contribution < -0.4 is 0 Å². The van der Waals surface area contributed by atoms with Crippen molar-refractivity contribution >= 4 is 169 Å². The zero-order valence-electron chi connectivity index (χ0n) is 71.2. The van der Waals surface area contributed by atoms with Crippen molar-refractivity contribution in [1.82, 2.24) is 0 Å².